The highest BCUT2D eigenvalue weighted by molar-refractivity contribution is 7.13. The van der Waals surface area contributed by atoms with Gasteiger partial charge in [0.2, 0.25) is 0 Å². The fraction of sp³-hybridized carbons (Fsp3) is 0.200. The van der Waals surface area contributed by atoms with Gasteiger partial charge in [0.1, 0.15) is 18.5 Å². The van der Waals surface area contributed by atoms with E-state index in [1.807, 2.05) is 36.4 Å². The number of fused-ring (bicyclic) bond motifs is 3. The Kier molecular flexibility index (Phi) is 3.88. The summed E-state index contributed by atoms with van der Waals surface area (Å²) in [5.74, 6) is 0.794. The zero-order valence-electron chi connectivity index (χ0n) is 11.0. The van der Waals surface area contributed by atoms with E-state index in [0.717, 1.165) is 27.6 Å². The van der Waals surface area contributed by atoms with Crippen LogP contribution in [0.15, 0.2) is 42.5 Å². The van der Waals surface area contributed by atoms with E-state index < -0.39 is 6.10 Å². The maximum Gasteiger partial charge on any atom is 0.129 e. The van der Waals surface area contributed by atoms with Crippen molar-refractivity contribution in [2.75, 3.05) is 13.2 Å². The van der Waals surface area contributed by atoms with Gasteiger partial charge >= 0.3 is 0 Å². The average molecular weight is 288 g/mol. The van der Waals surface area contributed by atoms with Gasteiger partial charge in [0.25, 0.3) is 0 Å². The monoisotopic (exact) mass is 288 g/mol. The number of aliphatic hydroxyl groups is 1. The van der Waals surface area contributed by atoms with Crippen LogP contribution >= 0.6 is 9.39 Å². The van der Waals surface area contributed by atoms with Crippen LogP contribution in [0.1, 0.15) is 0 Å². The molecule has 4 nitrogen and oxygen atoms in total. The van der Waals surface area contributed by atoms with Crippen molar-refractivity contribution in [3.05, 3.63) is 42.5 Å². The molecule has 5 heteroatoms. The molecule has 0 aliphatic carbocycles. The maximum atomic E-state index is 9.74. The Hall–Kier alpha value is -1.61. The van der Waals surface area contributed by atoms with Gasteiger partial charge in [0.05, 0.1) is 5.52 Å². The highest BCUT2D eigenvalue weighted by atomic mass is 31.0. The number of hydrogen-bond acceptors (Lipinski definition) is 3. The number of aromatic nitrogens is 1. The highest BCUT2D eigenvalue weighted by Crippen LogP contribution is 2.32. The second-order valence-corrected chi connectivity index (χ2v) is 5.13. The van der Waals surface area contributed by atoms with E-state index >= 15 is 0 Å². The molecule has 0 saturated carbocycles. The lowest BCUT2D eigenvalue weighted by Crippen LogP contribution is -2.26. The van der Waals surface area contributed by atoms with Gasteiger partial charge in [-0.2, -0.15) is 0 Å². The van der Waals surface area contributed by atoms with Crippen molar-refractivity contribution in [3.8, 4) is 5.75 Å². The SMILES string of the molecule is OC(CNP)COc1cccc2[nH]c3ccccc3c12. The fourth-order valence-electron chi connectivity index (χ4n) is 2.37. The van der Waals surface area contributed by atoms with Crippen LogP contribution in [0.5, 0.6) is 5.75 Å². The Morgan fingerprint density at radius 2 is 1.95 bits per heavy atom. The van der Waals surface area contributed by atoms with Crippen molar-refractivity contribution in [1.29, 1.82) is 0 Å². The van der Waals surface area contributed by atoms with E-state index in [2.05, 4.69) is 25.5 Å². The highest BCUT2D eigenvalue weighted by Gasteiger charge is 2.10. The van der Waals surface area contributed by atoms with Crippen molar-refractivity contribution in [1.82, 2.24) is 10.1 Å². The second-order valence-electron chi connectivity index (χ2n) is 4.72. The van der Waals surface area contributed by atoms with Crippen LogP contribution in [-0.4, -0.2) is 29.3 Å². The maximum absolute atomic E-state index is 9.74. The second kappa shape index (κ2) is 5.80. The molecular weight excluding hydrogens is 271 g/mol. The predicted octanol–water partition coefficient (Wildman–Crippen LogP) is 2.44. The zero-order chi connectivity index (χ0) is 13.9. The number of aliphatic hydroxyl groups excluding tert-OH is 1. The van der Waals surface area contributed by atoms with Gasteiger partial charge in [-0.05, 0) is 18.2 Å². The van der Waals surface area contributed by atoms with E-state index in [1.165, 1.54) is 0 Å². The van der Waals surface area contributed by atoms with Crippen molar-refractivity contribution in [3.63, 3.8) is 0 Å². The molecule has 3 aromatic rings. The van der Waals surface area contributed by atoms with Gasteiger partial charge in [-0.1, -0.05) is 33.7 Å². The van der Waals surface area contributed by atoms with Crippen LogP contribution in [-0.2, 0) is 0 Å². The van der Waals surface area contributed by atoms with Gasteiger partial charge < -0.3 is 14.8 Å². The van der Waals surface area contributed by atoms with E-state index in [9.17, 15) is 5.11 Å². The van der Waals surface area contributed by atoms with Crippen LogP contribution in [0.4, 0.5) is 0 Å². The van der Waals surface area contributed by atoms with E-state index in [1.54, 1.807) is 0 Å². The molecule has 0 aliphatic heterocycles. The summed E-state index contributed by atoms with van der Waals surface area (Å²) >= 11 is 0. The minimum atomic E-state index is -0.534. The van der Waals surface area contributed by atoms with E-state index in [-0.39, 0.29) is 6.61 Å². The summed E-state index contributed by atoms with van der Waals surface area (Å²) in [6.07, 6.45) is -0.534. The molecule has 0 amide bonds. The Bertz CT molecular complexity index is 726. The lowest BCUT2D eigenvalue weighted by atomic mass is 10.1. The van der Waals surface area contributed by atoms with Crippen molar-refractivity contribution >= 4 is 31.2 Å². The molecule has 3 N–H and O–H groups in total. The van der Waals surface area contributed by atoms with E-state index in [4.69, 9.17) is 4.74 Å². The van der Waals surface area contributed by atoms with Crippen LogP contribution < -0.4 is 9.82 Å². The molecule has 3 rings (SSSR count). The van der Waals surface area contributed by atoms with Crippen LogP contribution in [0, 0.1) is 0 Å². The molecular formula is C15H17N2O2P. The van der Waals surface area contributed by atoms with E-state index in [0.29, 0.717) is 6.54 Å². The number of hydrogen-bond donors (Lipinski definition) is 3. The molecule has 0 spiro atoms. The zero-order valence-corrected chi connectivity index (χ0v) is 12.1. The van der Waals surface area contributed by atoms with Gasteiger partial charge in [0, 0.05) is 22.8 Å². The molecule has 1 aromatic heterocycles. The van der Waals surface area contributed by atoms with Gasteiger partial charge in [-0.15, -0.1) is 0 Å². The lowest BCUT2D eigenvalue weighted by Gasteiger charge is -2.12. The van der Waals surface area contributed by atoms with Crippen LogP contribution in [0.3, 0.4) is 0 Å². The molecule has 0 saturated heterocycles. The average Bonchev–Trinajstić information content (AvgIpc) is 2.84. The Balaban J connectivity index is 1.98. The molecule has 2 atom stereocenters. The molecule has 0 aliphatic rings. The lowest BCUT2D eigenvalue weighted by molar-refractivity contribution is 0.112. The van der Waals surface area contributed by atoms with Gasteiger partial charge in [0.15, 0.2) is 0 Å². The molecule has 20 heavy (non-hydrogen) atoms. The summed E-state index contributed by atoms with van der Waals surface area (Å²) in [7, 11) is 2.37. The number of ether oxygens (including phenoxy) is 1. The quantitative estimate of drug-likeness (QED) is 0.632. The summed E-state index contributed by atoms with van der Waals surface area (Å²) in [5.41, 5.74) is 2.13. The van der Waals surface area contributed by atoms with Gasteiger partial charge in [-0.25, -0.2) is 0 Å². The first-order valence-corrected chi connectivity index (χ1v) is 7.11. The number of H-pyrrole nitrogens is 1. The number of nitrogens with one attached hydrogen (secondary N) is 2. The molecule has 0 radical (unpaired) electrons. The predicted molar refractivity (Wildman–Crippen MR) is 85.0 cm³/mol. The normalized spacial score (nSPS) is 12.9. The molecule has 1 heterocycles. The van der Waals surface area contributed by atoms with Crippen molar-refractivity contribution in [2.45, 2.75) is 6.10 Å². The number of para-hydroxylation sites is 1. The largest absolute Gasteiger partial charge is 0.490 e. The molecule has 2 unspecified atom stereocenters. The Morgan fingerprint density at radius 1 is 1.15 bits per heavy atom. The molecule has 104 valence electrons. The summed E-state index contributed by atoms with van der Waals surface area (Å²) in [6.45, 7) is 0.745. The smallest absolute Gasteiger partial charge is 0.129 e. The summed E-state index contributed by atoms with van der Waals surface area (Å²) < 4.78 is 5.78. The molecule has 0 fully saturated rings. The summed E-state index contributed by atoms with van der Waals surface area (Å²) in [5, 5.41) is 14.8. The minimum absolute atomic E-state index is 0.264. The molecule has 2 aromatic carbocycles. The Morgan fingerprint density at radius 3 is 2.80 bits per heavy atom. The minimum Gasteiger partial charge on any atom is -0.490 e. The number of aromatic amines is 1. The third kappa shape index (κ3) is 2.50. The first kappa shape index (κ1) is 13.4. The standard InChI is InChI=1S/C15H17N2O2P/c18-10(8-16-20)9-19-14-7-3-6-13-15(14)11-4-1-2-5-12(11)17-13/h1-7,10,16-18H,8-9,20H2. The summed E-state index contributed by atoms with van der Waals surface area (Å²) in [4.78, 5) is 3.37. The topological polar surface area (TPSA) is 57.3 Å². The third-order valence-electron chi connectivity index (χ3n) is 3.28. The van der Waals surface area contributed by atoms with Crippen molar-refractivity contribution in [2.24, 2.45) is 0 Å². The fourth-order valence-corrected chi connectivity index (χ4v) is 2.64. The Labute approximate surface area is 119 Å². The van der Waals surface area contributed by atoms with Crippen LogP contribution in [0.25, 0.3) is 21.8 Å². The van der Waals surface area contributed by atoms with Gasteiger partial charge in [-0.3, -0.25) is 5.09 Å². The number of rotatable bonds is 5. The summed E-state index contributed by atoms with van der Waals surface area (Å²) in [6, 6.07) is 14.1. The number of benzene rings is 2. The van der Waals surface area contributed by atoms with Crippen LogP contribution in [0.2, 0.25) is 0 Å². The first-order valence-electron chi connectivity index (χ1n) is 6.53. The first-order chi connectivity index (χ1) is 9.79. The molecule has 0 bridgehead atoms. The van der Waals surface area contributed by atoms with Crippen molar-refractivity contribution < 1.29 is 9.84 Å². The third-order valence-corrected chi connectivity index (χ3v) is 3.51.